The van der Waals surface area contributed by atoms with Crippen molar-refractivity contribution in [2.75, 3.05) is 7.05 Å². The van der Waals surface area contributed by atoms with Gasteiger partial charge in [0.2, 0.25) is 5.91 Å². The van der Waals surface area contributed by atoms with E-state index in [0.717, 1.165) is 37.8 Å². The highest BCUT2D eigenvalue weighted by atomic mass is 16.2. The number of carbonyl (C=O) groups is 1. The maximum absolute atomic E-state index is 13.7. The quantitative estimate of drug-likeness (QED) is 0.379. The third-order valence-corrected chi connectivity index (χ3v) is 6.65. The number of unbranched alkanes of at least 4 members (excludes halogenated alkanes) is 1. The molecule has 2 unspecified atom stereocenters. The molecule has 0 aliphatic heterocycles. The van der Waals surface area contributed by atoms with Crippen LogP contribution in [-0.2, 0) is 11.2 Å². The van der Waals surface area contributed by atoms with E-state index < -0.39 is 0 Å². The lowest BCUT2D eigenvalue weighted by Crippen LogP contribution is -2.39. The zero-order chi connectivity index (χ0) is 24.0. The monoisotopic (exact) mass is 447 g/mol. The Balaban J connectivity index is 2.16. The molecule has 0 N–H and O–H groups in total. The maximum atomic E-state index is 13.7. The number of para-hydroxylation sites is 1. The number of rotatable bonds is 10. The van der Waals surface area contributed by atoms with Crippen LogP contribution in [0.25, 0.3) is 16.6 Å². The topological polar surface area (TPSA) is 55.2 Å². The first kappa shape index (κ1) is 24.7. The summed E-state index contributed by atoms with van der Waals surface area (Å²) in [4.78, 5) is 33.9. The van der Waals surface area contributed by atoms with Crippen LogP contribution in [-0.4, -0.2) is 27.4 Å². The Kier molecular flexibility index (Phi) is 8.43. The molecule has 2 atom stereocenters. The molecule has 5 heteroatoms. The third kappa shape index (κ3) is 5.18. The maximum Gasteiger partial charge on any atom is 0.266 e. The number of carbonyl (C=O) groups excluding carboxylic acids is 1. The van der Waals surface area contributed by atoms with Gasteiger partial charge in [-0.15, -0.1) is 0 Å². The number of amides is 1. The van der Waals surface area contributed by atoms with Crippen LogP contribution in [0.1, 0.15) is 77.2 Å². The number of hydrogen-bond donors (Lipinski definition) is 0. The minimum absolute atomic E-state index is 0.00605. The minimum atomic E-state index is -0.295. The molecule has 3 rings (SSSR count). The summed E-state index contributed by atoms with van der Waals surface area (Å²) in [6, 6.07) is 15.2. The Morgan fingerprint density at radius 1 is 1.00 bits per heavy atom. The molecule has 0 spiro atoms. The Morgan fingerprint density at radius 2 is 1.70 bits per heavy atom. The molecule has 0 saturated carbocycles. The van der Waals surface area contributed by atoms with Gasteiger partial charge in [-0.1, -0.05) is 64.8 Å². The molecule has 33 heavy (non-hydrogen) atoms. The Bertz CT molecular complexity index is 1130. The van der Waals surface area contributed by atoms with Crippen LogP contribution in [0, 0.1) is 5.92 Å². The summed E-state index contributed by atoms with van der Waals surface area (Å²) in [6.45, 7) is 8.39. The van der Waals surface area contributed by atoms with Crippen LogP contribution in [0.4, 0.5) is 0 Å². The molecule has 0 aliphatic rings. The zero-order valence-corrected chi connectivity index (χ0v) is 20.7. The van der Waals surface area contributed by atoms with Gasteiger partial charge in [-0.2, -0.15) is 0 Å². The summed E-state index contributed by atoms with van der Waals surface area (Å²) in [6.07, 6.45) is 5.42. The number of aromatic nitrogens is 2. The van der Waals surface area contributed by atoms with Crippen LogP contribution in [0.15, 0.2) is 53.3 Å². The standard InChI is InChI=1S/C28H37N3O2/c1-6-10-13-21(8-3)27(32)30(5)25(9-4)26-29-24-15-12-11-14-23(24)28(33)31(26)22-18-16-20(7-2)17-19-22/h11-12,14-19,21,25H,6-10,13H2,1-5H3. The van der Waals surface area contributed by atoms with Crippen molar-refractivity contribution in [1.29, 1.82) is 0 Å². The van der Waals surface area contributed by atoms with Gasteiger partial charge in [0.15, 0.2) is 0 Å². The summed E-state index contributed by atoms with van der Waals surface area (Å²) in [5.74, 6) is 0.744. The van der Waals surface area contributed by atoms with E-state index in [1.807, 2.05) is 55.3 Å². The SMILES string of the molecule is CCCCC(CC)C(=O)N(C)C(CC)c1nc2ccccc2c(=O)n1-c1ccc(CC)cc1. The van der Waals surface area contributed by atoms with Crippen molar-refractivity contribution in [3.05, 3.63) is 70.3 Å². The van der Waals surface area contributed by atoms with Crippen LogP contribution in [0.3, 0.4) is 0 Å². The third-order valence-electron chi connectivity index (χ3n) is 6.65. The predicted octanol–water partition coefficient (Wildman–Crippen LogP) is 6.07. The molecule has 3 aromatic rings. The second-order valence-corrected chi connectivity index (χ2v) is 8.77. The number of fused-ring (bicyclic) bond motifs is 1. The molecular weight excluding hydrogens is 410 g/mol. The fraction of sp³-hybridized carbons (Fsp3) is 0.464. The normalized spacial score (nSPS) is 13.1. The number of nitrogens with zero attached hydrogens (tertiary/aromatic N) is 3. The van der Waals surface area contributed by atoms with Crippen molar-refractivity contribution >= 4 is 16.8 Å². The number of hydrogen-bond acceptors (Lipinski definition) is 3. The highest BCUT2D eigenvalue weighted by Crippen LogP contribution is 2.28. The van der Waals surface area contributed by atoms with Crippen molar-refractivity contribution < 1.29 is 4.79 Å². The van der Waals surface area contributed by atoms with Crippen molar-refractivity contribution in [3.8, 4) is 5.69 Å². The van der Waals surface area contributed by atoms with Gasteiger partial charge < -0.3 is 4.90 Å². The molecule has 176 valence electrons. The molecule has 0 aliphatic carbocycles. The minimum Gasteiger partial charge on any atom is -0.335 e. The molecule has 1 aromatic heterocycles. The lowest BCUT2D eigenvalue weighted by molar-refractivity contribution is -0.137. The van der Waals surface area contributed by atoms with Crippen LogP contribution >= 0.6 is 0 Å². The molecule has 1 amide bonds. The fourth-order valence-electron chi connectivity index (χ4n) is 4.53. The lowest BCUT2D eigenvalue weighted by atomic mass is 9.96. The zero-order valence-electron chi connectivity index (χ0n) is 20.7. The molecule has 2 aromatic carbocycles. The van der Waals surface area contributed by atoms with Gasteiger partial charge in [-0.3, -0.25) is 14.2 Å². The summed E-state index contributed by atoms with van der Waals surface area (Å²) in [7, 11) is 1.86. The van der Waals surface area contributed by atoms with Crippen molar-refractivity contribution in [2.24, 2.45) is 5.92 Å². The van der Waals surface area contributed by atoms with Gasteiger partial charge in [0, 0.05) is 13.0 Å². The van der Waals surface area contributed by atoms with E-state index in [0.29, 0.717) is 23.1 Å². The van der Waals surface area contributed by atoms with E-state index in [1.165, 1.54) is 5.56 Å². The number of aryl methyl sites for hydroxylation is 1. The second-order valence-electron chi connectivity index (χ2n) is 8.77. The fourth-order valence-corrected chi connectivity index (χ4v) is 4.53. The molecule has 0 fully saturated rings. The van der Waals surface area contributed by atoms with Crippen molar-refractivity contribution in [3.63, 3.8) is 0 Å². The summed E-state index contributed by atoms with van der Waals surface area (Å²) >= 11 is 0. The van der Waals surface area contributed by atoms with Gasteiger partial charge >= 0.3 is 0 Å². The Morgan fingerprint density at radius 3 is 2.30 bits per heavy atom. The first-order chi connectivity index (χ1) is 16.0. The largest absolute Gasteiger partial charge is 0.335 e. The van der Waals surface area contributed by atoms with Gasteiger partial charge in [-0.05, 0) is 55.5 Å². The molecule has 0 radical (unpaired) electrons. The highest BCUT2D eigenvalue weighted by molar-refractivity contribution is 5.80. The first-order valence-corrected chi connectivity index (χ1v) is 12.3. The van der Waals surface area contributed by atoms with Crippen LogP contribution in [0.2, 0.25) is 0 Å². The van der Waals surface area contributed by atoms with E-state index in [-0.39, 0.29) is 23.4 Å². The Hall–Kier alpha value is -2.95. The predicted molar refractivity (Wildman–Crippen MR) is 136 cm³/mol. The molecule has 1 heterocycles. The van der Waals surface area contributed by atoms with Gasteiger partial charge in [0.05, 0.1) is 22.6 Å². The van der Waals surface area contributed by atoms with E-state index >= 15 is 0 Å². The number of benzene rings is 2. The van der Waals surface area contributed by atoms with E-state index in [1.54, 1.807) is 4.57 Å². The highest BCUT2D eigenvalue weighted by Gasteiger charge is 2.29. The van der Waals surface area contributed by atoms with Gasteiger partial charge in [-0.25, -0.2) is 4.98 Å². The summed E-state index contributed by atoms with van der Waals surface area (Å²) in [5.41, 5.74) is 2.55. The van der Waals surface area contributed by atoms with Crippen LogP contribution < -0.4 is 5.56 Å². The van der Waals surface area contributed by atoms with Crippen molar-refractivity contribution in [2.45, 2.75) is 72.3 Å². The molecular formula is C28H37N3O2. The van der Waals surface area contributed by atoms with E-state index in [2.05, 4.69) is 32.9 Å². The van der Waals surface area contributed by atoms with Crippen LogP contribution in [0.5, 0.6) is 0 Å². The molecule has 0 bridgehead atoms. The van der Waals surface area contributed by atoms with Crippen molar-refractivity contribution in [1.82, 2.24) is 14.5 Å². The first-order valence-electron chi connectivity index (χ1n) is 12.3. The summed E-state index contributed by atoms with van der Waals surface area (Å²) < 4.78 is 1.70. The lowest BCUT2D eigenvalue weighted by Gasteiger charge is -2.31. The average molecular weight is 448 g/mol. The summed E-state index contributed by atoms with van der Waals surface area (Å²) in [5, 5.41) is 0.582. The second kappa shape index (κ2) is 11.3. The van der Waals surface area contributed by atoms with E-state index in [4.69, 9.17) is 4.98 Å². The molecule has 0 saturated heterocycles. The molecule has 5 nitrogen and oxygen atoms in total. The smallest absolute Gasteiger partial charge is 0.266 e. The average Bonchev–Trinajstić information content (AvgIpc) is 2.85. The van der Waals surface area contributed by atoms with E-state index in [9.17, 15) is 9.59 Å². The Labute approximate surface area is 197 Å². The van der Waals surface area contributed by atoms with Gasteiger partial charge in [0.1, 0.15) is 5.82 Å². The van der Waals surface area contributed by atoms with Gasteiger partial charge in [0.25, 0.3) is 5.56 Å².